The van der Waals surface area contributed by atoms with Crippen LogP contribution >= 0.6 is 34.4 Å². The summed E-state index contributed by atoms with van der Waals surface area (Å²) < 4.78 is 0.0514. The molecular formula is C37H49IN6O11S. The van der Waals surface area contributed by atoms with Gasteiger partial charge in [0.15, 0.2) is 0 Å². The lowest BCUT2D eigenvalue weighted by Crippen LogP contribution is -2.50. The molecule has 306 valence electrons. The van der Waals surface area contributed by atoms with Gasteiger partial charge < -0.3 is 41.5 Å². The maximum atomic E-state index is 13.0. The van der Waals surface area contributed by atoms with Crippen LogP contribution < -0.4 is 16.0 Å². The standard InChI is InChI=1S/C37H49IN6O11S/c1-2-3-4-5-6-7-8-9-10-11-12-13-16-29(28(45)15-14-17-31(47)48)56-23-27(36(53)40-22-32(49)50)41-30(46)21-20-26(37(54)55)42-35(52)24-18-19-25(43-44-39)33(38)34(24)51/h6-7,9-13,16,18-19,26-29,45,51H,2-5,8,14-15,17,20-23H2,1H3,(H,40,53)(H,41,46)(H,42,52)(H,47,48)(H,49,50)(H,54,55)/b7-6-,10-9-,12-11+,16-13+/t26-,27-,28-,29+/m0/s1/i38-2. The van der Waals surface area contributed by atoms with E-state index < -0.39 is 84.2 Å². The zero-order chi connectivity index (χ0) is 41.9. The molecule has 0 heterocycles. The van der Waals surface area contributed by atoms with E-state index in [9.17, 15) is 44.1 Å². The van der Waals surface area contributed by atoms with Gasteiger partial charge in [-0.15, -0.1) is 11.8 Å². The summed E-state index contributed by atoms with van der Waals surface area (Å²) in [7, 11) is 0. The Balaban J connectivity index is 3.05. The van der Waals surface area contributed by atoms with Crippen molar-refractivity contribution in [2.45, 2.75) is 94.6 Å². The molecule has 0 aliphatic rings. The Hall–Kier alpha value is -4.85. The van der Waals surface area contributed by atoms with Gasteiger partial charge in [-0.2, -0.15) is 0 Å². The van der Waals surface area contributed by atoms with Gasteiger partial charge in [0.05, 0.1) is 20.9 Å². The molecule has 0 spiro atoms. The minimum atomic E-state index is -1.61. The molecule has 0 aliphatic carbocycles. The number of phenols is 1. The van der Waals surface area contributed by atoms with Crippen molar-refractivity contribution in [3.05, 3.63) is 80.3 Å². The Morgan fingerprint density at radius 3 is 2.30 bits per heavy atom. The van der Waals surface area contributed by atoms with E-state index in [0.717, 1.165) is 37.1 Å². The van der Waals surface area contributed by atoms with Gasteiger partial charge in [0.2, 0.25) is 11.8 Å². The number of carboxylic acids is 3. The van der Waals surface area contributed by atoms with Crippen molar-refractivity contribution in [1.29, 1.82) is 0 Å². The van der Waals surface area contributed by atoms with Gasteiger partial charge in [-0.3, -0.25) is 24.0 Å². The number of hydrogen-bond acceptors (Lipinski definition) is 10. The molecule has 1 aromatic rings. The molecule has 0 bridgehead atoms. The van der Waals surface area contributed by atoms with Gasteiger partial charge in [0.25, 0.3) is 5.91 Å². The fraction of sp³-hybridized carbons (Fsp3) is 0.459. The van der Waals surface area contributed by atoms with Gasteiger partial charge in [-0.1, -0.05) is 79.6 Å². The lowest BCUT2D eigenvalue weighted by molar-refractivity contribution is -0.140. The number of allylic oxidation sites excluding steroid dienone is 7. The van der Waals surface area contributed by atoms with Crippen LogP contribution in [0.25, 0.3) is 10.4 Å². The molecule has 0 saturated carbocycles. The number of nitrogens with one attached hydrogen (secondary N) is 3. The number of aromatic hydroxyl groups is 1. The van der Waals surface area contributed by atoms with Crippen LogP contribution in [0, 0.1) is 3.57 Å². The van der Waals surface area contributed by atoms with E-state index in [0.29, 0.717) is 0 Å². The number of thioether (sulfide) groups is 1. The number of amides is 3. The molecule has 19 heteroatoms. The summed E-state index contributed by atoms with van der Waals surface area (Å²) in [5, 5.41) is 58.7. The first-order valence-electron chi connectivity index (χ1n) is 17.8. The first-order chi connectivity index (χ1) is 26.7. The van der Waals surface area contributed by atoms with E-state index in [1.54, 1.807) is 46.9 Å². The number of rotatable bonds is 28. The maximum absolute atomic E-state index is 13.0. The summed E-state index contributed by atoms with van der Waals surface area (Å²) in [5.74, 6) is -7.24. The molecule has 0 aliphatic heterocycles. The Morgan fingerprint density at radius 1 is 0.911 bits per heavy atom. The second kappa shape index (κ2) is 28.5. The molecule has 1 aromatic carbocycles. The van der Waals surface area contributed by atoms with E-state index in [4.69, 9.17) is 15.7 Å². The molecule has 3 amide bonds. The Labute approximate surface area is 342 Å². The number of nitrogens with zero attached hydrogens (tertiary/aromatic N) is 3. The molecule has 8 N–H and O–H groups in total. The number of aliphatic hydroxyl groups is 1. The number of halogens is 1. The largest absolute Gasteiger partial charge is 0.506 e. The normalized spacial score (nSPS) is 13.6. The van der Waals surface area contributed by atoms with E-state index in [2.05, 4.69) is 45.1 Å². The van der Waals surface area contributed by atoms with Crippen molar-refractivity contribution < 1.29 is 54.3 Å². The van der Waals surface area contributed by atoms with Crippen molar-refractivity contribution in [2.75, 3.05) is 12.3 Å². The van der Waals surface area contributed by atoms with Crippen LogP contribution in [-0.4, -0.2) is 96.9 Å². The van der Waals surface area contributed by atoms with E-state index >= 15 is 0 Å². The second-order valence-electron chi connectivity index (χ2n) is 12.2. The number of carboxylic acid groups (broad SMARTS) is 3. The Kier molecular flexibility index (Phi) is 25.1. The molecule has 56 heavy (non-hydrogen) atoms. The summed E-state index contributed by atoms with van der Waals surface area (Å²) in [5.41, 5.74) is 8.39. The van der Waals surface area contributed by atoms with Crippen LogP contribution in [0.15, 0.2) is 65.9 Å². The Bertz CT molecular complexity index is 1660. The lowest BCUT2D eigenvalue weighted by Gasteiger charge is -2.23. The van der Waals surface area contributed by atoms with E-state index in [1.807, 2.05) is 12.2 Å². The van der Waals surface area contributed by atoms with Crippen LogP contribution in [-0.2, 0) is 24.0 Å². The average molecular weight is 911 g/mol. The zero-order valence-corrected chi connectivity index (χ0v) is 33.9. The average Bonchev–Trinajstić information content (AvgIpc) is 3.14. The fourth-order valence-electron chi connectivity index (χ4n) is 4.76. The van der Waals surface area contributed by atoms with Crippen LogP contribution in [0.1, 0.15) is 81.5 Å². The van der Waals surface area contributed by atoms with Crippen molar-refractivity contribution in [3.8, 4) is 5.75 Å². The third-order valence-electron chi connectivity index (χ3n) is 7.73. The van der Waals surface area contributed by atoms with Gasteiger partial charge in [-0.25, -0.2) is 4.79 Å². The first-order valence-corrected chi connectivity index (χ1v) is 19.9. The molecule has 4 atom stereocenters. The van der Waals surface area contributed by atoms with Crippen molar-refractivity contribution >= 4 is 75.7 Å². The van der Waals surface area contributed by atoms with E-state index in [-0.39, 0.29) is 39.8 Å². The number of benzene rings is 1. The van der Waals surface area contributed by atoms with Crippen LogP contribution in [0.2, 0.25) is 0 Å². The number of phenolic OH excluding ortho intramolecular Hbond substituents is 1. The number of carbonyl (C=O) groups excluding carboxylic acids is 3. The predicted octanol–water partition coefficient (Wildman–Crippen LogP) is 5.50. The van der Waals surface area contributed by atoms with Gasteiger partial charge >= 0.3 is 17.9 Å². The van der Waals surface area contributed by atoms with Crippen molar-refractivity contribution in [3.63, 3.8) is 0 Å². The number of unbranched alkanes of at least 4 members (excludes halogenated alkanes) is 3. The molecule has 0 saturated heterocycles. The number of aliphatic hydroxyl groups excluding tert-OH is 1. The number of hydrogen-bond donors (Lipinski definition) is 8. The van der Waals surface area contributed by atoms with Gasteiger partial charge in [0, 0.05) is 28.8 Å². The molecule has 0 aromatic heterocycles. The minimum Gasteiger partial charge on any atom is -0.506 e. The monoisotopic (exact) mass is 910 g/mol. The van der Waals surface area contributed by atoms with Crippen LogP contribution in [0.5, 0.6) is 5.75 Å². The molecule has 0 radical (unpaired) electrons. The van der Waals surface area contributed by atoms with Crippen molar-refractivity contribution in [1.82, 2.24) is 16.0 Å². The van der Waals surface area contributed by atoms with Crippen LogP contribution in [0.3, 0.4) is 0 Å². The number of azide groups is 1. The van der Waals surface area contributed by atoms with E-state index in [1.165, 1.54) is 18.9 Å². The molecule has 17 nitrogen and oxygen atoms in total. The maximum Gasteiger partial charge on any atom is 0.326 e. The summed E-state index contributed by atoms with van der Waals surface area (Å²) in [4.78, 5) is 75.6. The summed E-state index contributed by atoms with van der Waals surface area (Å²) in [6.07, 6.45) is 18.4. The highest BCUT2D eigenvalue weighted by atomic mass is 125. The molecular weight excluding hydrogens is 861 g/mol. The van der Waals surface area contributed by atoms with Crippen LogP contribution in [0.4, 0.5) is 5.69 Å². The van der Waals surface area contributed by atoms with Gasteiger partial charge in [-0.05, 0) is 72.7 Å². The first kappa shape index (κ1) is 49.2. The summed E-state index contributed by atoms with van der Waals surface area (Å²) >= 11 is 2.70. The van der Waals surface area contributed by atoms with Crippen molar-refractivity contribution in [2.24, 2.45) is 5.11 Å². The predicted molar refractivity (Wildman–Crippen MR) is 219 cm³/mol. The summed E-state index contributed by atoms with van der Waals surface area (Å²) in [6, 6.07) is -0.558. The SMILES string of the molecule is CCCCC/C=C\C\C=C/C=C/C=C/[C@@H](SC[C@H](NC(=O)CC[C@H](NC(=O)c1ccc(N=[N+]=[N-])c([125I])c1O)C(=O)O)C(=O)NCC(=O)O)[C@@H](O)CCCC(=O)O. The number of carbonyl (C=O) groups is 6. The molecule has 0 unspecified atom stereocenters. The highest BCUT2D eigenvalue weighted by Gasteiger charge is 2.28. The highest BCUT2D eigenvalue weighted by Crippen LogP contribution is 2.33. The third kappa shape index (κ3) is 20.7. The second-order valence-corrected chi connectivity index (χ2v) is 14.5. The Morgan fingerprint density at radius 2 is 1.64 bits per heavy atom. The zero-order valence-electron chi connectivity index (χ0n) is 30.9. The van der Waals surface area contributed by atoms with Gasteiger partial charge in [0.1, 0.15) is 24.4 Å². The third-order valence-corrected chi connectivity index (χ3v) is 10.2. The number of aliphatic carboxylic acids is 3. The quantitative estimate of drug-likeness (QED) is 0.00984. The topological polar surface area (TPSA) is 288 Å². The minimum absolute atomic E-state index is 0.0420. The molecule has 1 rings (SSSR count). The smallest absolute Gasteiger partial charge is 0.326 e. The summed E-state index contributed by atoms with van der Waals surface area (Å²) in [6.45, 7) is 1.40. The lowest BCUT2D eigenvalue weighted by atomic mass is 10.1. The molecule has 0 fully saturated rings. The highest BCUT2D eigenvalue weighted by molar-refractivity contribution is 14.1. The fourth-order valence-corrected chi connectivity index (χ4v) is 6.55.